The molecular formula is C17H16N3O2+. The molecule has 110 valence electrons. The highest BCUT2D eigenvalue weighted by Gasteiger charge is 2.37. The zero-order valence-electron chi connectivity index (χ0n) is 12.5. The smallest absolute Gasteiger partial charge is 0.196 e. The van der Waals surface area contributed by atoms with Gasteiger partial charge in [-0.25, -0.2) is 0 Å². The fraction of sp³-hybridized carbons (Fsp3) is 0.235. The van der Waals surface area contributed by atoms with Crippen molar-refractivity contribution in [2.75, 3.05) is 32.5 Å². The van der Waals surface area contributed by atoms with Gasteiger partial charge < -0.3 is 5.32 Å². The maximum Gasteiger partial charge on any atom is 0.196 e. The molecule has 4 rings (SSSR count). The summed E-state index contributed by atoms with van der Waals surface area (Å²) in [5.41, 5.74) is 3.66. The lowest BCUT2D eigenvalue weighted by atomic mass is 9.83. The molecule has 2 aromatic rings. The Kier molecular flexibility index (Phi) is 2.53. The maximum absolute atomic E-state index is 12.9. The van der Waals surface area contributed by atoms with Gasteiger partial charge in [0.15, 0.2) is 17.3 Å². The summed E-state index contributed by atoms with van der Waals surface area (Å²) < 4.78 is 0.695. The fourth-order valence-corrected chi connectivity index (χ4v) is 3.33. The second kappa shape index (κ2) is 4.24. The van der Waals surface area contributed by atoms with Gasteiger partial charge in [0.2, 0.25) is 0 Å². The standard InChI is InChI=1S/C17H15N3O2/c1-20(2)8-7-19-15-13(20)4-3-11-14(15)17(22)10-5-6-18-9-12(10)16(11)21/h3-6,9H,7-8H2,1-2H3/p+1. The molecule has 1 aliphatic carbocycles. The topological polar surface area (TPSA) is 59.1 Å². The van der Waals surface area contributed by atoms with Crippen LogP contribution in [0.5, 0.6) is 0 Å². The number of carbonyl (C=O) groups excluding carboxylic acids is 2. The normalized spacial score (nSPS) is 18.1. The lowest BCUT2D eigenvalue weighted by molar-refractivity contribution is 0.0979. The zero-order chi connectivity index (χ0) is 15.5. The van der Waals surface area contributed by atoms with Gasteiger partial charge in [-0.2, -0.15) is 0 Å². The molecule has 1 aromatic carbocycles. The number of nitrogens with one attached hydrogen (secondary N) is 1. The monoisotopic (exact) mass is 294 g/mol. The first-order chi connectivity index (χ1) is 10.5. The number of nitrogens with zero attached hydrogens (tertiary/aromatic N) is 2. The predicted octanol–water partition coefficient (Wildman–Crippen LogP) is 1.85. The van der Waals surface area contributed by atoms with Gasteiger partial charge in [0.05, 0.1) is 31.8 Å². The summed E-state index contributed by atoms with van der Waals surface area (Å²) in [7, 11) is 4.22. The van der Waals surface area contributed by atoms with Gasteiger partial charge in [-0.05, 0) is 12.1 Å². The van der Waals surface area contributed by atoms with Crippen molar-refractivity contribution in [3.05, 3.63) is 52.8 Å². The summed E-state index contributed by atoms with van der Waals surface area (Å²) in [6.07, 6.45) is 3.03. The van der Waals surface area contributed by atoms with E-state index in [4.69, 9.17) is 0 Å². The van der Waals surface area contributed by atoms with E-state index in [9.17, 15) is 9.59 Å². The predicted molar refractivity (Wildman–Crippen MR) is 84.5 cm³/mol. The van der Waals surface area contributed by atoms with Gasteiger partial charge in [-0.3, -0.25) is 19.1 Å². The Morgan fingerprint density at radius 3 is 2.68 bits per heavy atom. The zero-order valence-corrected chi connectivity index (χ0v) is 12.5. The van der Waals surface area contributed by atoms with Gasteiger partial charge in [0.1, 0.15) is 12.2 Å². The first-order valence-corrected chi connectivity index (χ1v) is 7.28. The van der Waals surface area contributed by atoms with E-state index in [1.54, 1.807) is 18.3 Å². The molecule has 0 atom stereocenters. The molecule has 0 unspecified atom stereocenters. The minimum atomic E-state index is -0.127. The Balaban J connectivity index is 2.02. The molecule has 2 aliphatic rings. The Bertz CT molecular complexity index is 840. The number of pyridine rings is 1. The first kappa shape index (κ1) is 13.2. The summed E-state index contributed by atoms with van der Waals surface area (Å²) in [5, 5.41) is 3.32. The number of carbonyl (C=O) groups is 2. The molecule has 22 heavy (non-hydrogen) atoms. The van der Waals surface area contributed by atoms with E-state index in [1.165, 1.54) is 6.20 Å². The van der Waals surface area contributed by atoms with Crippen LogP contribution in [-0.2, 0) is 0 Å². The van der Waals surface area contributed by atoms with Crippen molar-refractivity contribution in [3.63, 3.8) is 0 Å². The van der Waals surface area contributed by atoms with E-state index >= 15 is 0 Å². The van der Waals surface area contributed by atoms with Crippen molar-refractivity contribution in [2.45, 2.75) is 0 Å². The summed E-state index contributed by atoms with van der Waals surface area (Å²) >= 11 is 0. The molecule has 1 aromatic heterocycles. The van der Waals surface area contributed by atoms with Crippen molar-refractivity contribution in [3.8, 4) is 0 Å². The third-order valence-corrected chi connectivity index (χ3v) is 4.59. The van der Waals surface area contributed by atoms with E-state index in [0.717, 1.165) is 24.5 Å². The molecule has 1 N–H and O–H groups in total. The van der Waals surface area contributed by atoms with Crippen LogP contribution in [0.4, 0.5) is 11.4 Å². The number of fused-ring (bicyclic) bond motifs is 4. The summed E-state index contributed by atoms with van der Waals surface area (Å²) in [6, 6.07) is 5.35. The van der Waals surface area contributed by atoms with Crippen LogP contribution in [0.3, 0.4) is 0 Å². The average molecular weight is 294 g/mol. The number of ketones is 2. The van der Waals surface area contributed by atoms with Crippen molar-refractivity contribution < 1.29 is 9.59 Å². The van der Waals surface area contributed by atoms with E-state index in [0.29, 0.717) is 26.7 Å². The van der Waals surface area contributed by atoms with Gasteiger partial charge in [-0.1, -0.05) is 0 Å². The number of likely N-dealkylation sites (N-methyl/N-ethyl adjacent to an activating group) is 1. The number of aromatic nitrogens is 1. The number of benzene rings is 1. The Morgan fingerprint density at radius 1 is 1.05 bits per heavy atom. The van der Waals surface area contributed by atoms with Crippen LogP contribution in [0.15, 0.2) is 30.6 Å². The number of anilines is 1. The molecule has 0 saturated carbocycles. The Hall–Kier alpha value is -2.53. The number of hydrogen-bond acceptors (Lipinski definition) is 4. The minimum absolute atomic E-state index is 0.0988. The molecule has 0 amide bonds. The SMILES string of the molecule is C[N+]1(C)CCNc2c1ccc1c2C(=O)c2ccncc2C1=O. The van der Waals surface area contributed by atoms with Crippen molar-refractivity contribution in [1.82, 2.24) is 9.47 Å². The van der Waals surface area contributed by atoms with E-state index < -0.39 is 0 Å². The third-order valence-electron chi connectivity index (χ3n) is 4.59. The molecule has 0 radical (unpaired) electrons. The molecule has 0 spiro atoms. The number of rotatable bonds is 0. The quantitative estimate of drug-likeness (QED) is 0.643. The maximum atomic E-state index is 12.9. The fourth-order valence-electron chi connectivity index (χ4n) is 3.33. The minimum Gasteiger partial charge on any atom is -0.374 e. The number of hydrogen-bond donors (Lipinski definition) is 1. The average Bonchev–Trinajstić information content (AvgIpc) is 2.51. The summed E-state index contributed by atoms with van der Waals surface area (Å²) in [4.78, 5) is 29.6. The summed E-state index contributed by atoms with van der Waals surface area (Å²) in [5.74, 6) is -0.226. The highest BCUT2D eigenvalue weighted by Crippen LogP contribution is 2.40. The van der Waals surface area contributed by atoms with Crippen LogP contribution in [0.2, 0.25) is 0 Å². The van der Waals surface area contributed by atoms with Crippen molar-refractivity contribution in [2.24, 2.45) is 0 Å². The van der Waals surface area contributed by atoms with Crippen LogP contribution >= 0.6 is 0 Å². The highest BCUT2D eigenvalue weighted by molar-refractivity contribution is 6.30. The molecule has 5 heteroatoms. The van der Waals surface area contributed by atoms with Gasteiger partial charge in [-0.15, -0.1) is 0 Å². The molecule has 1 aliphatic heterocycles. The molecule has 5 nitrogen and oxygen atoms in total. The van der Waals surface area contributed by atoms with E-state index in [1.807, 2.05) is 6.07 Å². The van der Waals surface area contributed by atoms with Gasteiger partial charge in [0.25, 0.3) is 0 Å². The van der Waals surface area contributed by atoms with Crippen LogP contribution in [-0.4, -0.2) is 43.7 Å². The Morgan fingerprint density at radius 2 is 1.86 bits per heavy atom. The molecule has 2 heterocycles. The van der Waals surface area contributed by atoms with Crippen LogP contribution in [0.25, 0.3) is 0 Å². The molecule has 0 bridgehead atoms. The lowest BCUT2D eigenvalue weighted by Crippen LogP contribution is -2.48. The summed E-state index contributed by atoms with van der Waals surface area (Å²) in [6.45, 7) is 1.72. The van der Waals surface area contributed by atoms with Crippen LogP contribution in [0.1, 0.15) is 31.8 Å². The van der Waals surface area contributed by atoms with E-state index in [2.05, 4.69) is 24.4 Å². The second-order valence-corrected chi connectivity index (χ2v) is 6.30. The van der Waals surface area contributed by atoms with Crippen LogP contribution < -0.4 is 9.80 Å². The van der Waals surface area contributed by atoms with Gasteiger partial charge >= 0.3 is 0 Å². The Labute approximate surface area is 128 Å². The molecule has 0 saturated heterocycles. The van der Waals surface area contributed by atoms with E-state index in [-0.39, 0.29) is 11.6 Å². The van der Waals surface area contributed by atoms with Crippen molar-refractivity contribution >= 4 is 22.9 Å². The number of quaternary nitrogens is 1. The lowest BCUT2D eigenvalue weighted by Gasteiger charge is -2.37. The first-order valence-electron chi connectivity index (χ1n) is 7.28. The van der Waals surface area contributed by atoms with Gasteiger partial charge in [0, 0.05) is 29.6 Å². The largest absolute Gasteiger partial charge is 0.374 e. The molecular weight excluding hydrogens is 278 g/mol. The van der Waals surface area contributed by atoms with Crippen molar-refractivity contribution in [1.29, 1.82) is 0 Å². The second-order valence-electron chi connectivity index (χ2n) is 6.30. The highest BCUT2D eigenvalue weighted by atomic mass is 16.1. The van der Waals surface area contributed by atoms with Crippen LogP contribution in [0, 0.1) is 0 Å². The molecule has 0 fully saturated rings. The third kappa shape index (κ3) is 1.60.